The van der Waals surface area contributed by atoms with Gasteiger partial charge in [0.2, 0.25) is 0 Å². The van der Waals surface area contributed by atoms with Crippen LogP contribution >= 0.6 is 0 Å². The summed E-state index contributed by atoms with van der Waals surface area (Å²) in [6.45, 7) is 9.80. The van der Waals surface area contributed by atoms with Gasteiger partial charge in [-0.15, -0.1) is 0 Å². The summed E-state index contributed by atoms with van der Waals surface area (Å²) in [5.41, 5.74) is 0.353. The molecule has 3 nitrogen and oxygen atoms in total. The van der Waals surface area contributed by atoms with Crippen molar-refractivity contribution in [3.8, 4) is 0 Å². The second-order valence-electron chi connectivity index (χ2n) is 7.77. The zero-order chi connectivity index (χ0) is 13.5. The van der Waals surface area contributed by atoms with E-state index in [1.54, 1.807) is 0 Å². The number of nitrogens with zero attached hydrogens (tertiary/aromatic N) is 2. The summed E-state index contributed by atoms with van der Waals surface area (Å²) in [5.74, 6) is 0.988. The van der Waals surface area contributed by atoms with Crippen LogP contribution < -0.4 is 5.32 Å². The normalized spacial score (nSPS) is 39.6. The molecule has 2 unspecified atom stereocenters. The van der Waals surface area contributed by atoms with Crippen molar-refractivity contribution in [3.63, 3.8) is 0 Å². The Morgan fingerprint density at radius 3 is 2.42 bits per heavy atom. The summed E-state index contributed by atoms with van der Waals surface area (Å²) in [5, 5.41) is 3.76. The van der Waals surface area contributed by atoms with Crippen LogP contribution in [0.3, 0.4) is 0 Å². The molecule has 0 spiro atoms. The fraction of sp³-hybridized carbons (Fsp3) is 1.00. The number of piperidine rings is 1. The molecular weight excluding hydrogens is 234 g/mol. The standard InChI is InChI=1S/C16H31N3/c1-16(2)12-19(9-8-18(16)3)7-6-13-10-14-4-5-15(11-13)17-14/h13-15,17H,4-12H2,1-3H3. The van der Waals surface area contributed by atoms with E-state index in [9.17, 15) is 0 Å². The van der Waals surface area contributed by atoms with Crippen LogP contribution in [0.2, 0.25) is 0 Å². The van der Waals surface area contributed by atoms with E-state index >= 15 is 0 Å². The third kappa shape index (κ3) is 3.14. The molecule has 2 atom stereocenters. The van der Waals surface area contributed by atoms with E-state index in [2.05, 4.69) is 36.0 Å². The minimum absolute atomic E-state index is 0.353. The predicted molar refractivity (Wildman–Crippen MR) is 80.4 cm³/mol. The zero-order valence-electron chi connectivity index (χ0n) is 13.0. The van der Waals surface area contributed by atoms with Crippen molar-refractivity contribution in [1.29, 1.82) is 0 Å². The van der Waals surface area contributed by atoms with Crippen molar-refractivity contribution in [2.45, 2.75) is 63.6 Å². The van der Waals surface area contributed by atoms with Crippen LogP contribution in [0, 0.1) is 5.92 Å². The molecule has 2 bridgehead atoms. The molecule has 0 amide bonds. The Morgan fingerprint density at radius 1 is 1.11 bits per heavy atom. The average Bonchev–Trinajstić information content (AvgIpc) is 2.70. The van der Waals surface area contributed by atoms with Gasteiger partial charge in [-0.3, -0.25) is 4.90 Å². The first-order valence-corrected chi connectivity index (χ1v) is 8.22. The van der Waals surface area contributed by atoms with Crippen molar-refractivity contribution in [1.82, 2.24) is 15.1 Å². The molecule has 3 heteroatoms. The van der Waals surface area contributed by atoms with E-state index in [1.165, 1.54) is 58.3 Å². The molecule has 0 aromatic carbocycles. The van der Waals surface area contributed by atoms with E-state index in [0.717, 1.165) is 18.0 Å². The SMILES string of the molecule is CN1CCN(CCC2CC3CCC(C2)N3)CC1(C)C. The molecule has 0 radical (unpaired) electrons. The number of likely N-dealkylation sites (N-methyl/N-ethyl adjacent to an activating group) is 1. The van der Waals surface area contributed by atoms with E-state index in [-0.39, 0.29) is 0 Å². The highest BCUT2D eigenvalue weighted by Gasteiger charge is 2.34. The van der Waals surface area contributed by atoms with Gasteiger partial charge in [0.15, 0.2) is 0 Å². The van der Waals surface area contributed by atoms with E-state index < -0.39 is 0 Å². The van der Waals surface area contributed by atoms with E-state index in [1.807, 2.05) is 0 Å². The van der Waals surface area contributed by atoms with Crippen LogP contribution in [-0.4, -0.2) is 60.6 Å². The summed E-state index contributed by atoms with van der Waals surface area (Å²) in [7, 11) is 2.27. The number of nitrogens with one attached hydrogen (secondary N) is 1. The lowest BCUT2D eigenvalue weighted by Crippen LogP contribution is -2.57. The Kier molecular flexibility index (Phi) is 3.89. The van der Waals surface area contributed by atoms with Gasteiger partial charge in [-0.25, -0.2) is 0 Å². The second kappa shape index (κ2) is 5.34. The van der Waals surface area contributed by atoms with Gasteiger partial charge in [-0.2, -0.15) is 0 Å². The first-order valence-electron chi connectivity index (χ1n) is 8.22. The lowest BCUT2D eigenvalue weighted by atomic mass is 9.89. The minimum atomic E-state index is 0.353. The maximum atomic E-state index is 3.76. The van der Waals surface area contributed by atoms with Gasteiger partial charge in [-0.05, 0) is 65.5 Å². The van der Waals surface area contributed by atoms with Gasteiger partial charge in [0.25, 0.3) is 0 Å². The third-order valence-corrected chi connectivity index (χ3v) is 5.82. The van der Waals surface area contributed by atoms with Gasteiger partial charge < -0.3 is 10.2 Å². The van der Waals surface area contributed by atoms with Crippen LogP contribution in [0.4, 0.5) is 0 Å². The highest BCUT2D eigenvalue weighted by Crippen LogP contribution is 2.33. The molecule has 3 aliphatic rings. The van der Waals surface area contributed by atoms with E-state index in [0.29, 0.717) is 5.54 Å². The fourth-order valence-electron chi connectivity index (χ4n) is 4.31. The number of rotatable bonds is 3. The molecule has 19 heavy (non-hydrogen) atoms. The first kappa shape index (κ1) is 13.8. The Morgan fingerprint density at radius 2 is 1.79 bits per heavy atom. The average molecular weight is 265 g/mol. The second-order valence-corrected chi connectivity index (χ2v) is 7.77. The molecule has 3 fully saturated rings. The van der Waals surface area contributed by atoms with Crippen molar-refractivity contribution < 1.29 is 0 Å². The third-order valence-electron chi connectivity index (χ3n) is 5.82. The number of fused-ring (bicyclic) bond motifs is 2. The van der Waals surface area contributed by atoms with Gasteiger partial charge in [0, 0.05) is 37.3 Å². The summed E-state index contributed by atoms with van der Waals surface area (Å²) in [6, 6.07) is 1.71. The molecule has 0 aromatic heterocycles. The molecule has 0 aromatic rings. The molecule has 0 aliphatic carbocycles. The summed E-state index contributed by atoms with van der Waals surface area (Å²) in [4.78, 5) is 5.21. The Hall–Kier alpha value is -0.120. The quantitative estimate of drug-likeness (QED) is 0.841. The summed E-state index contributed by atoms with van der Waals surface area (Å²) >= 11 is 0. The molecule has 3 heterocycles. The summed E-state index contributed by atoms with van der Waals surface area (Å²) < 4.78 is 0. The zero-order valence-corrected chi connectivity index (χ0v) is 13.0. The van der Waals surface area contributed by atoms with Gasteiger partial charge in [-0.1, -0.05) is 0 Å². The Labute approximate surface area is 118 Å². The maximum absolute atomic E-state index is 3.76. The molecule has 110 valence electrons. The van der Waals surface area contributed by atoms with Crippen molar-refractivity contribution in [3.05, 3.63) is 0 Å². The van der Waals surface area contributed by atoms with E-state index in [4.69, 9.17) is 0 Å². The Balaban J connectivity index is 1.45. The fourth-order valence-corrected chi connectivity index (χ4v) is 4.31. The van der Waals surface area contributed by atoms with Crippen molar-refractivity contribution in [2.75, 3.05) is 33.2 Å². The molecule has 3 rings (SSSR count). The molecular formula is C16H31N3. The van der Waals surface area contributed by atoms with Crippen LogP contribution in [0.1, 0.15) is 46.0 Å². The predicted octanol–water partition coefficient (Wildman–Crippen LogP) is 1.93. The Bertz CT molecular complexity index is 303. The number of piperazine rings is 1. The maximum Gasteiger partial charge on any atom is 0.0277 e. The molecule has 3 aliphatic heterocycles. The topological polar surface area (TPSA) is 18.5 Å². The van der Waals surface area contributed by atoms with Gasteiger partial charge >= 0.3 is 0 Å². The smallest absolute Gasteiger partial charge is 0.0277 e. The van der Waals surface area contributed by atoms with Gasteiger partial charge in [0.1, 0.15) is 0 Å². The number of hydrogen-bond donors (Lipinski definition) is 1. The highest BCUT2D eigenvalue weighted by atomic mass is 15.3. The van der Waals surface area contributed by atoms with Gasteiger partial charge in [0.05, 0.1) is 0 Å². The molecule has 3 saturated heterocycles. The van der Waals surface area contributed by atoms with Crippen molar-refractivity contribution in [2.24, 2.45) is 5.92 Å². The van der Waals surface area contributed by atoms with Crippen LogP contribution in [0.5, 0.6) is 0 Å². The monoisotopic (exact) mass is 265 g/mol. The highest BCUT2D eigenvalue weighted by molar-refractivity contribution is 4.93. The first-order chi connectivity index (χ1) is 9.03. The molecule has 1 N–H and O–H groups in total. The van der Waals surface area contributed by atoms with Crippen LogP contribution in [0.25, 0.3) is 0 Å². The minimum Gasteiger partial charge on any atom is -0.311 e. The van der Waals surface area contributed by atoms with Crippen LogP contribution in [-0.2, 0) is 0 Å². The summed E-state index contributed by atoms with van der Waals surface area (Å²) in [6.07, 6.45) is 7.17. The lowest BCUT2D eigenvalue weighted by molar-refractivity contribution is 0.0360. The number of hydrogen-bond acceptors (Lipinski definition) is 3. The van der Waals surface area contributed by atoms with Crippen molar-refractivity contribution >= 4 is 0 Å². The van der Waals surface area contributed by atoms with Crippen LogP contribution in [0.15, 0.2) is 0 Å². The largest absolute Gasteiger partial charge is 0.311 e. The molecule has 0 saturated carbocycles. The lowest BCUT2D eigenvalue weighted by Gasteiger charge is -2.45.